The highest BCUT2D eigenvalue weighted by Gasteiger charge is 2.18. The first kappa shape index (κ1) is 18.5. The number of methoxy groups -OCH3 is 1. The van der Waals surface area contributed by atoms with Gasteiger partial charge in [-0.15, -0.1) is 0 Å². The number of aromatic nitrogens is 1. The van der Waals surface area contributed by atoms with Crippen molar-refractivity contribution in [3.05, 3.63) is 60.3 Å². The van der Waals surface area contributed by atoms with E-state index < -0.39 is 10.0 Å². The maximum atomic E-state index is 12.5. The van der Waals surface area contributed by atoms with Crippen molar-refractivity contribution >= 4 is 20.9 Å². The van der Waals surface area contributed by atoms with Crippen molar-refractivity contribution in [1.29, 1.82) is 0 Å². The topological polar surface area (TPSA) is 60.3 Å². The normalized spacial score (nSPS) is 13.0. The van der Waals surface area contributed by atoms with Crippen LogP contribution in [0.4, 0.5) is 0 Å². The van der Waals surface area contributed by atoms with Crippen LogP contribution in [0, 0.1) is 0 Å². The number of nitrogens with zero attached hydrogens (tertiary/aromatic N) is 1. The number of sulfonamides is 1. The first-order valence-electron chi connectivity index (χ1n) is 8.60. The number of para-hydroxylation sites is 1. The minimum absolute atomic E-state index is 0.166. The second-order valence-electron chi connectivity index (χ2n) is 6.52. The molecule has 0 bridgehead atoms. The highest BCUT2D eigenvalue weighted by molar-refractivity contribution is 7.89. The van der Waals surface area contributed by atoms with Crippen LogP contribution in [0.3, 0.4) is 0 Å². The van der Waals surface area contributed by atoms with E-state index in [1.165, 1.54) is 16.5 Å². The standard InChI is InChI=1S/C20H24N2O3S/c1-15(21-26(23,24)18-12-10-17(25-3)11-13-18)8-9-16-14-22(2)20-7-5-4-6-19(16)20/h4-7,10-15,21H,8-9H2,1-3H3/t15-/m0/s1. The number of aryl methyl sites for hydroxylation is 2. The molecule has 1 atom stereocenters. The Labute approximate surface area is 154 Å². The van der Waals surface area contributed by atoms with Crippen LogP contribution in [-0.2, 0) is 23.5 Å². The first-order valence-corrected chi connectivity index (χ1v) is 10.1. The second-order valence-corrected chi connectivity index (χ2v) is 8.23. The fourth-order valence-electron chi connectivity index (χ4n) is 3.14. The predicted molar refractivity (Wildman–Crippen MR) is 104 cm³/mol. The van der Waals surface area contributed by atoms with E-state index in [0.717, 1.165) is 12.8 Å². The Morgan fingerprint density at radius 1 is 1.12 bits per heavy atom. The van der Waals surface area contributed by atoms with Gasteiger partial charge in [-0.3, -0.25) is 0 Å². The summed E-state index contributed by atoms with van der Waals surface area (Å²) in [6.45, 7) is 1.90. The molecule has 1 heterocycles. The van der Waals surface area contributed by atoms with Crippen molar-refractivity contribution in [2.75, 3.05) is 7.11 Å². The van der Waals surface area contributed by atoms with E-state index >= 15 is 0 Å². The van der Waals surface area contributed by atoms with E-state index in [-0.39, 0.29) is 10.9 Å². The van der Waals surface area contributed by atoms with Gasteiger partial charge in [-0.1, -0.05) is 18.2 Å². The SMILES string of the molecule is COc1ccc(S(=O)(=O)N[C@@H](C)CCc2cn(C)c3ccccc23)cc1. The van der Waals surface area contributed by atoms with Gasteiger partial charge in [-0.2, -0.15) is 0 Å². The Balaban J connectivity index is 1.66. The predicted octanol–water partition coefficient (Wildman–Crippen LogP) is 3.49. The molecule has 0 aliphatic heterocycles. The molecule has 1 N–H and O–H groups in total. The molecule has 6 heteroatoms. The lowest BCUT2D eigenvalue weighted by atomic mass is 10.1. The number of hydrogen-bond acceptors (Lipinski definition) is 3. The maximum Gasteiger partial charge on any atom is 0.240 e. The summed E-state index contributed by atoms with van der Waals surface area (Å²) in [4.78, 5) is 0.246. The summed E-state index contributed by atoms with van der Waals surface area (Å²) in [6, 6.07) is 14.5. The number of nitrogens with one attached hydrogen (secondary N) is 1. The largest absolute Gasteiger partial charge is 0.497 e. The quantitative estimate of drug-likeness (QED) is 0.691. The van der Waals surface area contributed by atoms with E-state index in [4.69, 9.17) is 4.74 Å². The molecule has 5 nitrogen and oxygen atoms in total. The molecule has 0 aliphatic rings. The fourth-order valence-corrected chi connectivity index (χ4v) is 4.42. The van der Waals surface area contributed by atoms with Gasteiger partial charge in [0.15, 0.2) is 0 Å². The zero-order valence-corrected chi connectivity index (χ0v) is 16.1. The van der Waals surface area contributed by atoms with E-state index in [9.17, 15) is 8.42 Å². The lowest BCUT2D eigenvalue weighted by molar-refractivity contribution is 0.414. The lowest BCUT2D eigenvalue weighted by Crippen LogP contribution is -2.32. The van der Waals surface area contributed by atoms with Gasteiger partial charge in [0.1, 0.15) is 5.75 Å². The molecule has 3 aromatic rings. The average Bonchev–Trinajstić information content (AvgIpc) is 2.96. The average molecular weight is 372 g/mol. The number of hydrogen-bond donors (Lipinski definition) is 1. The third-order valence-corrected chi connectivity index (χ3v) is 6.16. The Morgan fingerprint density at radius 3 is 2.50 bits per heavy atom. The van der Waals surface area contributed by atoms with Gasteiger partial charge in [0.2, 0.25) is 10.0 Å². The number of fused-ring (bicyclic) bond motifs is 1. The van der Waals surface area contributed by atoms with Crippen LogP contribution in [0.15, 0.2) is 59.6 Å². The summed E-state index contributed by atoms with van der Waals surface area (Å²) < 4.78 is 35.0. The smallest absolute Gasteiger partial charge is 0.240 e. The minimum Gasteiger partial charge on any atom is -0.497 e. The lowest BCUT2D eigenvalue weighted by Gasteiger charge is -2.14. The van der Waals surface area contributed by atoms with Crippen LogP contribution in [0.25, 0.3) is 10.9 Å². The van der Waals surface area contributed by atoms with Crippen LogP contribution in [0.2, 0.25) is 0 Å². The molecule has 0 amide bonds. The Kier molecular flexibility index (Phi) is 5.34. The molecule has 0 saturated heterocycles. The molecule has 0 aliphatic carbocycles. The molecule has 138 valence electrons. The third-order valence-electron chi connectivity index (χ3n) is 4.55. The summed E-state index contributed by atoms with van der Waals surface area (Å²) in [6.07, 6.45) is 3.66. The fraction of sp³-hybridized carbons (Fsp3) is 0.300. The summed E-state index contributed by atoms with van der Waals surface area (Å²) >= 11 is 0. The molecular formula is C20H24N2O3S. The van der Waals surface area contributed by atoms with E-state index in [1.807, 2.05) is 26.1 Å². The summed E-state index contributed by atoms with van der Waals surface area (Å²) in [5.41, 5.74) is 2.42. The molecule has 3 rings (SSSR count). The minimum atomic E-state index is -3.54. The van der Waals surface area contributed by atoms with Gasteiger partial charge in [0, 0.05) is 30.2 Å². The molecule has 1 aromatic heterocycles. The zero-order valence-electron chi connectivity index (χ0n) is 15.3. The van der Waals surface area contributed by atoms with Crippen LogP contribution in [0.5, 0.6) is 5.75 Å². The molecule has 0 spiro atoms. The van der Waals surface area contributed by atoms with E-state index in [0.29, 0.717) is 5.75 Å². The summed E-state index contributed by atoms with van der Waals surface area (Å²) in [7, 11) is 0.0452. The monoisotopic (exact) mass is 372 g/mol. The van der Waals surface area contributed by atoms with Crippen LogP contribution in [-0.4, -0.2) is 26.1 Å². The van der Waals surface area contributed by atoms with Crippen molar-refractivity contribution in [2.45, 2.75) is 30.7 Å². The maximum absolute atomic E-state index is 12.5. The van der Waals surface area contributed by atoms with Gasteiger partial charge in [-0.25, -0.2) is 13.1 Å². The van der Waals surface area contributed by atoms with Crippen molar-refractivity contribution in [1.82, 2.24) is 9.29 Å². The highest BCUT2D eigenvalue weighted by atomic mass is 32.2. The van der Waals surface area contributed by atoms with Crippen LogP contribution in [0.1, 0.15) is 18.9 Å². The van der Waals surface area contributed by atoms with Gasteiger partial charge >= 0.3 is 0 Å². The molecule has 0 saturated carbocycles. The van der Waals surface area contributed by atoms with E-state index in [2.05, 4.69) is 27.6 Å². The highest BCUT2D eigenvalue weighted by Crippen LogP contribution is 2.22. The number of ether oxygens (including phenoxy) is 1. The van der Waals surface area contributed by atoms with Crippen molar-refractivity contribution in [2.24, 2.45) is 7.05 Å². The van der Waals surface area contributed by atoms with Gasteiger partial charge in [0.05, 0.1) is 12.0 Å². The molecule has 0 fully saturated rings. The van der Waals surface area contributed by atoms with Gasteiger partial charge in [0.25, 0.3) is 0 Å². The van der Waals surface area contributed by atoms with Gasteiger partial charge in [-0.05, 0) is 55.7 Å². The second kappa shape index (κ2) is 7.51. The van der Waals surface area contributed by atoms with Gasteiger partial charge < -0.3 is 9.30 Å². The zero-order chi connectivity index (χ0) is 18.7. The molecule has 0 unspecified atom stereocenters. The Morgan fingerprint density at radius 2 is 1.81 bits per heavy atom. The van der Waals surface area contributed by atoms with Crippen LogP contribution < -0.4 is 9.46 Å². The van der Waals surface area contributed by atoms with Crippen molar-refractivity contribution in [3.8, 4) is 5.75 Å². The van der Waals surface area contributed by atoms with E-state index in [1.54, 1.807) is 31.4 Å². The number of rotatable bonds is 7. The van der Waals surface area contributed by atoms with Crippen molar-refractivity contribution in [3.63, 3.8) is 0 Å². The Bertz CT molecular complexity index is 992. The first-order chi connectivity index (χ1) is 12.4. The molecule has 2 aromatic carbocycles. The Hall–Kier alpha value is -2.31. The summed E-state index contributed by atoms with van der Waals surface area (Å²) in [5, 5.41) is 1.22. The molecule has 26 heavy (non-hydrogen) atoms. The third kappa shape index (κ3) is 3.92. The molecule has 0 radical (unpaired) electrons. The van der Waals surface area contributed by atoms with Crippen molar-refractivity contribution < 1.29 is 13.2 Å². The molecular weight excluding hydrogens is 348 g/mol. The summed E-state index contributed by atoms with van der Waals surface area (Å²) in [5.74, 6) is 0.632. The van der Waals surface area contributed by atoms with Crippen LogP contribution >= 0.6 is 0 Å². The number of benzene rings is 2.